The summed E-state index contributed by atoms with van der Waals surface area (Å²) < 4.78 is 33.1. The summed E-state index contributed by atoms with van der Waals surface area (Å²) in [5.41, 5.74) is 2.30. The molecular formula is C27H31F2N5O4. The van der Waals surface area contributed by atoms with E-state index in [1.165, 1.54) is 31.5 Å². The molecule has 202 valence electrons. The summed E-state index contributed by atoms with van der Waals surface area (Å²) in [6, 6.07) is 3.84. The summed E-state index contributed by atoms with van der Waals surface area (Å²) in [5, 5.41) is 12.7. The van der Waals surface area contributed by atoms with Crippen molar-refractivity contribution >= 4 is 22.8 Å². The van der Waals surface area contributed by atoms with Crippen LogP contribution in [0.4, 0.5) is 8.78 Å². The number of aryl methyl sites for hydroxylation is 1. The fraction of sp³-hybridized carbons (Fsp3) is 0.481. The number of fused-ring (bicyclic) bond motifs is 1. The number of nitrogens with one attached hydrogen (secondary N) is 2. The number of hydrogen-bond acceptors (Lipinski definition) is 6. The summed E-state index contributed by atoms with van der Waals surface area (Å²) in [6.07, 6.45) is 0.252. The Bertz CT molecular complexity index is 1370. The van der Waals surface area contributed by atoms with E-state index >= 15 is 0 Å². The number of likely N-dealkylation sites (tertiary alicyclic amines) is 1. The molecule has 3 heterocycles. The lowest BCUT2D eigenvalue weighted by atomic mass is 10.0. The van der Waals surface area contributed by atoms with Gasteiger partial charge in [0.1, 0.15) is 29.4 Å². The van der Waals surface area contributed by atoms with E-state index in [-0.39, 0.29) is 29.5 Å². The number of benzene rings is 1. The topological polar surface area (TPSA) is 120 Å². The molecule has 11 heteroatoms. The number of hydrogen-bond donors (Lipinski definition) is 3. The highest BCUT2D eigenvalue weighted by atomic mass is 19.3. The van der Waals surface area contributed by atoms with E-state index in [1.54, 1.807) is 11.8 Å². The number of ether oxygens (including phenoxy) is 1. The smallest absolute Gasteiger partial charge is 0.263 e. The third kappa shape index (κ3) is 5.07. The van der Waals surface area contributed by atoms with E-state index < -0.39 is 12.5 Å². The number of carbonyl (C=O) groups is 2. The van der Waals surface area contributed by atoms with Crippen LogP contribution in [0.25, 0.3) is 22.3 Å². The van der Waals surface area contributed by atoms with Gasteiger partial charge in [-0.2, -0.15) is 0 Å². The van der Waals surface area contributed by atoms with Gasteiger partial charge in [-0.3, -0.25) is 9.59 Å². The molecule has 2 aliphatic rings. The molecule has 2 fully saturated rings. The van der Waals surface area contributed by atoms with Gasteiger partial charge in [-0.25, -0.2) is 18.7 Å². The molecule has 5 rings (SSSR count). The van der Waals surface area contributed by atoms with E-state index in [4.69, 9.17) is 4.74 Å². The Hall–Kier alpha value is -3.60. The van der Waals surface area contributed by atoms with Crippen LogP contribution in [0, 0.1) is 12.8 Å². The zero-order valence-electron chi connectivity index (χ0n) is 21.5. The molecule has 1 aliphatic heterocycles. The van der Waals surface area contributed by atoms with Gasteiger partial charge in [0.2, 0.25) is 0 Å². The van der Waals surface area contributed by atoms with Gasteiger partial charge in [-0.15, -0.1) is 0 Å². The first kappa shape index (κ1) is 26.0. The number of aromatic nitrogens is 3. The van der Waals surface area contributed by atoms with E-state index in [2.05, 4.69) is 20.3 Å². The van der Waals surface area contributed by atoms with Crippen LogP contribution in [0.3, 0.4) is 0 Å². The van der Waals surface area contributed by atoms with Crippen LogP contribution in [0.1, 0.15) is 61.2 Å². The van der Waals surface area contributed by atoms with Crippen molar-refractivity contribution in [2.24, 2.45) is 5.92 Å². The van der Waals surface area contributed by atoms with Crippen molar-refractivity contribution in [1.82, 2.24) is 25.2 Å². The molecule has 9 nitrogen and oxygen atoms in total. The maximum atomic E-state index is 13.6. The number of aromatic amines is 1. The van der Waals surface area contributed by atoms with Crippen molar-refractivity contribution in [2.45, 2.75) is 64.6 Å². The Balaban J connectivity index is 1.46. The molecule has 2 aromatic heterocycles. The van der Waals surface area contributed by atoms with Crippen LogP contribution in [-0.4, -0.2) is 68.1 Å². The molecule has 1 aromatic carbocycles. The van der Waals surface area contributed by atoms with Gasteiger partial charge in [0.25, 0.3) is 18.2 Å². The minimum absolute atomic E-state index is 0.128. The second-order valence-corrected chi connectivity index (χ2v) is 10.3. The molecule has 1 saturated heterocycles. The third-order valence-corrected chi connectivity index (χ3v) is 7.23. The third-order valence-electron chi connectivity index (χ3n) is 7.23. The first-order valence-electron chi connectivity index (χ1n) is 12.8. The molecule has 0 spiro atoms. The quantitative estimate of drug-likeness (QED) is 0.410. The first-order chi connectivity index (χ1) is 18.1. The van der Waals surface area contributed by atoms with Crippen molar-refractivity contribution in [1.29, 1.82) is 0 Å². The normalized spacial score (nSPS) is 20.2. The highest BCUT2D eigenvalue weighted by molar-refractivity contribution is 6.09. The summed E-state index contributed by atoms with van der Waals surface area (Å²) in [5.74, 6) is 0.174. The van der Waals surface area contributed by atoms with Crippen LogP contribution >= 0.6 is 0 Å². The lowest BCUT2D eigenvalue weighted by Gasteiger charge is -2.22. The molecule has 3 aromatic rings. The molecule has 3 N–H and O–H groups in total. The Morgan fingerprint density at radius 2 is 2.05 bits per heavy atom. The number of carbonyl (C=O) groups excluding carboxylic acids is 2. The number of H-pyrrole nitrogens is 1. The number of amides is 2. The zero-order chi connectivity index (χ0) is 27.1. The van der Waals surface area contributed by atoms with Gasteiger partial charge in [0, 0.05) is 35.4 Å². The number of rotatable bonds is 8. The van der Waals surface area contributed by atoms with E-state index in [0.717, 1.165) is 12.8 Å². The number of aliphatic hydroxyl groups excluding tert-OH is 1. The van der Waals surface area contributed by atoms with Crippen LogP contribution in [0.2, 0.25) is 0 Å². The second-order valence-electron chi connectivity index (χ2n) is 10.3. The maximum absolute atomic E-state index is 13.6. The minimum Gasteiger partial charge on any atom is -0.493 e. The van der Waals surface area contributed by atoms with E-state index in [1.807, 2.05) is 6.92 Å². The number of aliphatic hydroxyl groups is 1. The highest BCUT2D eigenvalue weighted by Crippen LogP contribution is 2.38. The molecule has 2 amide bonds. The molecule has 1 saturated carbocycles. The minimum atomic E-state index is -2.66. The Labute approximate surface area is 218 Å². The Kier molecular flexibility index (Phi) is 7.04. The lowest BCUT2D eigenvalue weighted by Crippen LogP contribution is -2.42. The lowest BCUT2D eigenvalue weighted by molar-refractivity contribution is -0.139. The molecule has 0 radical (unpaired) electrons. The van der Waals surface area contributed by atoms with Gasteiger partial charge < -0.3 is 25.0 Å². The van der Waals surface area contributed by atoms with Crippen LogP contribution in [0.15, 0.2) is 24.5 Å². The number of alkyl halides is 2. The molecular weight excluding hydrogens is 496 g/mol. The fourth-order valence-corrected chi connectivity index (χ4v) is 5.03. The van der Waals surface area contributed by atoms with Crippen LogP contribution in [0.5, 0.6) is 5.75 Å². The van der Waals surface area contributed by atoms with Gasteiger partial charge in [-0.05, 0) is 64.2 Å². The van der Waals surface area contributed by atoms with Crippen molar-refractivity contribution in [3.63, 3.8) is 0 Å². The fourth-order valence-electron chi connectivity index (χ4n) is 5.03. The standard InChI is InChI=1S/C27H31F2N5O4/c1-13-8-18(10-34(13)27(37)15(3)35)33-26(36)21-14(2)32-24-22(30-12-31-23(21)24)19-9-17(25(28)29)6-7-20(19)38-11-16-4-5-16/h6-7,9,12-13,15-16,18,25,32,35H,4-5,8,10-11H2,1-3H3,(H,33,36)/t13-,15-,18+/m0/s1. The van der Waals surface area contributed by atoms with E-state index in [9.17, 15) is 23.5 Å². The van der Waals surface area contributed by atoms with Crippen LogP contribution in [-0.2, 0) is 4.79 Å². The largest absolute Gasteiger partial charge is 0.493 e. The van der Waals surface area contributed by atoms with Crippen molar-refractivity contribution < 1.29 is 28.2 Å². The molecule has 0 unspecified atom stereocenters. The van der Waals surface area contributed by atoms with Gasteiger partial charge in [0.05, 0.1) is 17.7 Å². The zero-order valence-corrected chi connectivity index (χ0v) is 21.5. The molecule has 0 bridgehead atoms. The molecule has 38 heavy (non-hydrogen) atoms. The van der Waals surface area contributed by atoms with Crippen molar-refractivity contribution in [3.8, 4) is 17.0 Å². The van der Waals surface area contributed by atoms with Gasteiger partial charge in [-0.1, -0.05) is 0 Å². The average molecular weight is 528 g/mol. The summed E-state index contributed by atoms with van der Waals surface area (Å²) in [4.78, 5) is 39.1. The van der Waals surface area contributed by atoms with Gasteiger partial charge >= 0.3 is 0 Å². The summed E-state index contributed by atoms with van der Waals surface area (Å²) >= 11 is 0. The highest BCUT2D eigenvalue weighted by Gasteiger charge is 2.35. The Morgan fingerprint density at radius 1 is 1.29 bits per heavy atom. The monoisotopic (exact) mass is 527 g/mol. The second kappa shape index (κ2) is 10.3. The molecule has 3 atom stereocenters. The SMILES string of the molecule is Cc1[nH]c2c(-c3cc(C(F)F)ccc3OCC3CC3)ncnc2c1C(=O)N[C@@H]1C[C@H](C)N(C(=O)[C@H](C)O)C1. The average Bonchev–Trinajstić information content (AvgIpc) is 3.54. The van der Waals surface area contributed by atoms with Gasteiger partial charge in [0.15, 0.2) is 0 Å². The van der Waals surface area contributed by atoms with Crippen molar-refractivity contribution in [2.75, 3.05) is 13.2 Å². The Morgan fingerprint density at radius 3 is 2.74 bits per heavy atom. The number of nitrogens with zero attached hydrogens (tertiary/aromatic N) is 3. The van der Waals surface area contributed by atoms with E-state index in [0.29, 0.717) is 64.8 Å². The van der Waals surface area contributed by atoms with Crippen molar-refractivity contribution in [3.05, 3.63) is 41.3 Å². The summed E-state index contributed by atoms with van der Waals surface area (Å²) in [6.45, 7) is 5.83. The van der Waals surface area contributed by atoms with Crippen LogP contribution < -0.4 is 10.1 Å². The molecule has 1 aliphatic carbocycles. The number of halogens is 2. The first-order valence-corrected chi connectivity index (χ1v) is 12.8. The predicted octanol–water partition coefficient (Wildman–Crippen LogP) is 3.76. The predicted molar refractivity (Wildman–Crippen MR) is 136 cm³/mol. The maximum Gasteiger partial charge on any atom is 0.263 e. The summed E-state index contributed by atoms with van der Waals surface area (Å²) in [7, 11) is 0.